The molecule has 0 amide bonds. The summed E-state index contributed by atoms with van der Waals surface area (Å²) in [5.74, 6) is -0.750. The van der Waals surface area contributed by atoms with Crippen LogP contribution < -0.4 is 4.90 Å². The van der Waals surface area contributed by atoms with E-state index in [2.05, 4.69) is 16.8 Å². The standard InChI is InChI=1S/C15H18N2O2S/c1-12(15-16-9-11-20-15)17(10-5-8-14(18)19)13-6-3-2-4-7-13/h2-4,6-7,9,11-12H,5,8,10H2,1H3,(H,18,19). The summed E-state index contributed by atoms with van der Waals surface area (Å²) in [4.78, 5) is 17.3. The molecule has 0 aliphatic heterocycles. The molecule has 0 saturated carbocycles. The number of hydrogen-bond donors (Lipinski definition) is 1. The molecule has 106 valence electrons. The molecule has 0 radical (unpaired) electrons. The van der Waals surface area contributed by atoms with Gasteiger partial charge in [0.15, 0.2) is 0 Å². The van der Waals surface area contributed by atoms with Crippen molar-refractivity contribution >= 4 is 23.0 Å². The van der Waals surface area contributed by atoms with Crippen LogP contribution in [0.5, 0.6) is 0 Å². The monoisotopic (exact) mass is 290 g/mol. The largest absolute Gasteiger partial charge is 0.481 e. The maximum Gasteiger partial charge on any atom is 0.303 e. The molecule has 2 rings (SSSR count). The highest BCUT2D eigenvalue weighted by molar-refractivity contribution is 7.09. The highest BCUT2D eigenvalue weighted by atomic mass is 32.1. The van der Waals surface area contributed by atoms with Crippen LogP contribution in [0.1, 0.15) is 30.8 Å². The Labute approximate surface area is 122 Å². The molecular weight excluding hydrogens is 272 g/mol. The van der Waals surface area contributed by atoms with E-state index in [1.807, 2.05) is 35.7 Å². The molecule has 1 aromatic heterocycles. The van der Waals surface area contributed by atoms with E-state index in [0.717, 1.165) is 10.7 Å². The summed E-state index contributed by atoms with van der Waals surface area (Å²) < 4.78 is 0. The number of aliphatic carboxylic acids is 1. The average molecular weight is 290 g/mol. The van der Waals surface area contributed by atoms with E-state index in [-0.39, 0.29) is 12.5 Å². The van der Waals surface area contributed by atoms with Crippen LogP contribution in [0.2, 0.25) is 0 Å². The fourth-order valence-electron chi connectivity index (χ4n) is 2.14. The van der Waals surface area contributed by atoms with Gasteiger partial charge in [-0.15, -0.1) is 11.3 Å². The van der Waals surface area contributed by atoms with Crippen LogP contribution in [-0.2, 0) is 4.79 Å². The molecule has 0 fully saturated rings. The number of hydrogen-bond acceptors (Lipinski definition) is 4. The van der Waals surface area contributed by atoms with Crippen LogP contribution in [0.4, 0.5) is 5.69 Å². The lowest BCUT2D eigenvalue weighted by Gasteiger charge is -2.30. The zero-order chi connectivity index (χ0) is 14.4. The van der Waals surface area contributed by atoms with Gasteiger partial charge in [0.05, 0.1) is 6.04 Å². The molecule has 2 aromatic rings. The fourth-order valence-corrected chi connectivity index (χ4v) is 2.85. The van der Waals surface area contributed by atoms with E-state index >= 15 is 0 Å². The summed E-state index contributed by atoms with van der Waals surface area (Å²) in [5, 5.41) is 11.8. The molecular formula is C15H18N2O2S. The van der Waals surface area contributed by atoms with E-state index in [0.29, 0.717) is 13.0 Å². The van der Waals surface area contributed by atoms with Crippen LogP contribution in [0, 0.1) is 0 Å². The molecule has 1 unspecified atom stereocenters. The predicted octanol–water partition coefficient (Wildman–Crippen LogP) is 3.58. The second kappa shape index (κ2) is 7.05. The Morgan fingerprint density at radius 1 is 1.40 bits per heavy atom. The molecule has 1 atom stereocenters. The first-order valence-corrected chi connectivity index (χ1v) is 7.49. The van der Waals surface area contributed by atoms with Crippen molar-refractivity contribution in [3.05, 3.63) is 46.9 Å². The number of anilines is 1. The Bertz CT molecular complexity index is 528. The van der Waals surface area contributed by atoms with Crippen LogP contribution >= 0.6 is 11.3 Å². The lowest BCUT2D eigenvalue weighted by molar-refractivity contribution is -0.137. The van der Waals surface area contributed by atoms with Gasteiger partial charge >= 0.3 is 5.97 Å². The van der Waals surface area contributed by atoms with Gasteiger partial charge in [0.25, 0.3) is 0 Å². The first-order valence-electron chi connectivity index (χ1n) is 6.61. The van der Waals surface area contributed by atoms with Gasteiger partial charge < -0.3 is 10.0 Å². The van der Waals surface area contributed by atoms with Crippen molar-refractivity contribution < 1.29 is 9.90 Å². The van der Waals surface area contributed by atoms with E-state index in [4.69, 9.17) is 5.11 Å². The number of carbonyl (C=O) groups is 1. The van der Waals surface area contributed by atoms with E-state index in [1.54, 1.807) is 17.5 Å². The summed E-state index contributed by atoms with van der Waals surface area (Å²) >= 11 is 1.62. The second-order valence-corrected chi connectivity index (χ2v) is 5.50. The molecule has 1 N–H and O–H groups in total. The summed E-state index contributed by atoms with van der Waals surface area (Å²) in [7, 11) is 0. The van der Waals surface area contributed by atoms with Gasteiger partial charge in [-0.1, -0.05) is 18.2 Å². The maximum absolute atomic E-state index is 10.7. The quantitative estimate of drug-likeness (QED) is 0.847. The van der Waals surface area contributed by atoms with Gasteiger partial charge in [-0.3, -0.25) is 4.79 Å². The van der Waals surface area contributed by atoms with Gasteiger partial charge in [0, 0.05) is 30.2 Å². The minimum Gasteiger partial charge on any atom is -0.481 e. The third kappa shape index (κ3) is 3.81. The molecule has 5 heteroatoms. The Kier molecular flexibility index (Phi) is 5.12. The molecule has 1 aromatic carbocycles. The van der Waals surface area contributed by atoms with Crippen molar-refractivity contribution in [3.63, 3.8) is 0 Å². The van der Waals surface area contributed by atoms with Gasteiger partial charge in [-0.25, -0.2) is 4.98 Å². The van der Waals surface area contributed by atoms with Crippen LogP contribution in [-0.4, -0.2) is 22.6 Å². The predicted molar refractivity (Wildman–Crippen MR) is 81.2 cm³/mol. The van der Waals surface area contributed by atoms with Crippen molar-refractivity contribution in [2.75, 3.05) is 11.4 Å². The minimum atomic E-state index is -0.750. The number of rotatable bonds is 7. The number of thiazole rings is 1. The number of aromatic nitrogens is 1. The van der Waals surface area contributed by atoms with Crippen molar-refractivity contribution in [1.82, 2.24) is 4.98 Å². The Hall–Kier alpha value is -1.88. The lowest BCUT2D eigenvalue weighted by atomic mass is 10.2. The first kappa shape index (κ1) is 14.5. The summed E-state index contributed by atoms with van der Waals surface area (Å²) in [6.45, 7) is 2.81. The lowest BCUT2D eigenvalue weighted by Crippen LogP contribution is -2.28. The molecule has 4 nitrogen and oxygen atoms in total. The van der Waals surface area contributed by atoms with E-state index in [9.17, 15) is 4.79 Å². The fraction of sp³-hybridized carbons (Fsp3) is 0.333. The Morgan fingerprint density at radius 2 is 2.15 bits per heavy atom. The number of carboxylic acid groups (broad SMARTS) is 1. The van der Waals surface area contributed by atoms with Crippen molar-refractivity contribution in [1.29, 1.82) is 0 Å². The first-order chi connectivity index (χ1) is 9.68. The van der Waals surface area contributed by atoms with E-state index in [1.165, 1.54) is 0 Å². The molecule has 0 spiro atoms. The van der Waals surface area contributed by atoms with Crippen molar-refractivity contribution in [2.24, 2.45) is 0 Å². The summed E-state index contributed by atoms with van der Waals surface area (Å²) in [6.07, 6.45) is 2.62. The third-order valence-corrected chi connectivity index (χ3v) is 4.10. The van der Waals surface area contributed by atoms with Crippen molar-refractivity contribution in [3.8, 4) is 0 Å². The van der Waals surface area contributed by atoms with Gasteiger partial charge in [-0.2, -0.15) is 0 Å². The number of benzene rings is 1. The topological polar surface area (TPSA) is 53.4 Å². The molecule has 0 bridgehead atoms. The van der Waals surface area contributed by atoms with Crippen LogP contribution in [0.15, 0.2) is 41.9 Å². The molecule has 20 heavy (non-hydrogen) atoms. The normalized spacial score (nSPS) is 12.1. The maximum atomic E-state index is 10.7. The Morgan fingerprint density at radius 3 is 2.75 bits per heavy atom. The summed E-state index contributed by atoms with van der Waals surface area (Å²) in [5.41, 5.74) is 1.10. The summed E-state index contributed by atoms with van der Waals surface area (Å²) in [6, 6.07) is 10.2. The Balaban J connectivity index is 2.13. The van der Waals surface area contributed by atoms with Crippen molar-refractivity contribution in [2.45, 2.75) is 25.8 Å². The minimum absolute atomic E-state index is 0.145. The third-order valence-electron chi connectivity index (χ3n) is 3.15. The number of para-hydroxylation sites is 1. The highest BCUT2D eigenvalue weighted by Gasteiger charge is 2.18. The number of carboxylic acids is 1. The zero-order valence-electron chi connectivity index (χ0n) is 11.4. The van der Waals surface area contributed by atoms with Gasteiger partial charge in [0.1, 0.15) is 5.01 Å². The smallest absolute Gasteiger partial charge is 0.303 e. The van der Waals surface area contributed by atoms with E-state index < -0.39 is 5.97 Å². The van der Waals surface area contributed by atoms with Gasteiger partial charge in [-0.05, 0) is 25.5 Å². The average Bonchev–Trinajstić information content (AvgIpc) is 2.98. The highest BCUT2D eigenvalue weighted by Crippen LogP contribution is 2.28. The molecule has 0 aliphatic rings. The zero-order valence-corrected chi connectivity index (χ0v) is 12.2. The molecule has 1 heterocycles. The second-order valence-electron chi connectivity index (χ2n) is 4.57. The van der Waals surface area contributed by atoms with Gasteiger partial charge in [0.2, 0.25) is 0 Å². The SMILES string of the molecule is CC(c1nccs1)N(CCCC(=O)O)c1ccccc1. The molecule has 0 aliphatic carbocycles. The number of nitrogens with zero attached hydrogens (tertiary/aromatic N) is 2. The van der Waals surface area contributed by atoms with Crippen LogP contribution in [0.3, 0.4) is 0 Å². The van der Waals surface area contributed by atoms with Crippen LogP contribution in [0.25, 0.3) is 0 Å². The molecule has 0 saturated heterocycles.